The number of thioether (sulfide) groups is 1. The first-order valence-electron chi connectivity index (χ1n) is 16.8. The van der Waals surface area contributed by atoms with Gasteiger partial charge >= 0.3 is 0 Å². The van der Waals surface area contributed by atoms with Crippen LogP contribution in [0.2, 0.25) is 0 Å². The highest BCUT2D eigenvalue weighted by Crippen LogP contribution is 2.45. The first-order valence-corrected chi connectivity index (χ1v) is 17.6. The average molecular weight is 637 g/mol. The number of fused-ring (bicyclic) bond motifs is 1. The van der Waals surface area contributed by atoms with E-state index >= 15 is 0 Å². The number of carbonyl (C=O) groups is 3. The molecule has 2 fully saturated rings. The zero-order valence-corrected chi connectivity index (χ0v) is 28.8. The fraction of sp³-hybridized carbons (Fsp3) is 0.639. The van der Waals surface area contributed by atoms with Crippen molar-refractivity contribution in [3.63, 3.8) is 0 Å². The van der Waals surface area contributed by atoms with Crippen LogP contribution in [-0.2, 0) is 20.8 Å². The molecule has 3 N–H and O–H groups in total. The predicted molar refractivity (Wildman–Crippen MR) is 183 cm³/mol. The van der Waals surface area contributed by atoms with Gasteiger partial charge in [-0.2, -0.15) is 0 Å². The maximum atomic E-state index is 12.9. The summed E-state index contributed by atoms with van der Waals surface area (Å²) in [6, 6.07) is 3.94. The minimum absolute atomic E-state index is 0.0139. The fourth-order valence-corrected chi connectivity index (χ4v) is 8.23. The minimum atomic E-state index is -0.224. The number of amides is 3. The monoisotopic (exact) mass is 636 g/mol. The van der Waals surface area contributed by atoms with Crippen molar-refractivity contribution in [2.24, 2.45) is 23.2 Å². The summed E-state index contributed by atoms with van der Waals surface area (Å²) in [5, 5.41) is 16.7. The van der Waals surface area contributed by atoms with E-state index in [9.17, 15) is 19.5 Å². The molecule has 2 aromatic rings. The molecule has 1 aromatic carbocycles. The van der Waals surface area contributed by atoms with E-state index in [2.05, 4.69) is 62.8 Å². The Morgan fingerprint density at radius 2 is 1.60 bits per heavy atom. The smallest absolute Gasteiger partial charge is 0.253 e. The highest BCUT2D eigenvalue weighted by atomic mass is 32.2. The maximum absolute atomic E-state index is 12.9. The van der Waals surface area contributed by atoms with E-state index < -0.39 is 0 Å². The third-order valence-electron chi connectivity index (χ3n) is 9.45. The molecule has 2 aliphatic heterocycles. The minimum Gasteiger partial charge on any atom is -0.506 e. The molecule has 1 aromatic heterocycles. The Hall–Kier alpha value is -2.94. The molecule has 45 heavy (non-hydrogen) atoms. The van der Waals surface area contributed by atoms with Crippen LogP contribution in [0.15, 0.2) is 29.3 Å². The van der Waals surface area contributed by atoms with Crippen LogP contribution in [0.3, 0.4) is 0 Å². The van der Waals surface area contributed by atoms with Gasteiger partial charge in [0.1, 0.15) is 11.4 Å². The molecule has 3 heterocycles. The van der Waals surface area contributed by atoms with Gasteiger partial charge in [0.2, 0.25) is 5.91 Å². The highest BCUT2D eigenvalue weighted by molar-refractivity contribution is 8.00. The number of imide groups is 1. The van der Waals surface area contributed by atoms with Crippen LogP contribution in [0.4, 0.5) is 5.69 Å². The second kappa shape index (κ2) is 13.4. The van der Waals surface area contributed by atoms with Gasteiger partial charge in [-0.1, -0.05) is 41.5 Å². The predicted octanol–water partition coefficient (Wildman–Crippen LogP) is 6.81. The van der Waals surface area contributed by atoms with Crippen LogP contribution < -0.4 is 10.2 Å². The average Bonchev–Trinajstić information content (AvgIpc) is 3.45. The molecule has 0 atom stereocenters. The van der Waals surface area contributed by atoms with Gasteiger partial charge < -0.3 is 20.3 Å². The summed E-state index contributed by atoms with van der Waals surface area (Å²) in [7, 11) is 0. The number of piperidine rings is 1. The normalized spacial score (nSPS) is 21.7. The molecule has 1 aliphatic carbocycles. The number of carbonyl (C=O) groups excluding carboxylic acids is 3. The Balaban J connectivity index is 1.12. The lowest BCUT2D eigenvalue weighted by molar-refractivity contribution is -0.138. The Morgan fingerprint density at radius 1 is 0.956 bits per heavy atom. The van der Waals surface area contributed by atoms with Gasteiger partial charge in [0.25, 0.3) is 11.8 Å². The van der Waals surface area contributed by atoms with Gasteiger partial charge in [-0.25, -0.2) is 0 Å². The summed E-state index contributed by atoms with van der Waals surface area (Å²) in [5.41, 5.74) is 3.44. The molecular weight excluding hydrogens is 584 g/mol. The van der Waals surface area contributed by atoms with Gasteiger partial charge in [0.15, 0.2) is 0 Å². The summed E-state index contributed by atoms with van der Waals surface area (Å²) in [5.74, 6) is 0.845. The summed E-state index contributed by atoms with van der Waals surface area (Å²) in [6.07, 6.45) is 9.99. The third kappa shape index (κ3) is 8.27. The van der Waals surface area contributed by atoms with Gasteiger partial charge in [-0.15, -0.1) is 11.8 Å². The van der Waals surface area contributed by atoms with E-state index in [-0.39, 0.29) is 39.7 Å². The second-order valence-corrected chi connectivity index (χ2v) is 17.4. The number of phenolic OH excluding ortho intramolecular Hbond substituents is 1. The van der Waals surface area contributed by atoms with Crippen LogP contribution in [0, 0.1) is 23.2 Å². The van der Waals surface area contributed by atoms with E-state index in [1.54, 1.807) is 0 Å². The molecule has 0 spiro atoms. The first kappa shape index (κ1) is 33.4. The molecule has 9 heteroatoms. The number of anilines is 1. The number of benzene rings is 1. The van der Waals surface area contributed by atoms with Crippen molar-refractivity contribution in [3.8, 4) is 5.75 Å². The number of phenols is 1. The van der Waals surface area contributed by atoms with Crippen LogP contribution in [0.1, 0.15) is 92.1 Å². The van der Waals surface area contributed by atoms with Crippen molar-refractivity contribution in [1.29, 1.82) is 0 Å². The lowest BCUT2D eigenvalue weighted by Crippen LogP contribution is -2.39. The molecule has 0 radical (unpaired) electrons. The molecule has 1 saturated carbocycles. The first-order chi connectivity index (χ1) is 21.2. The molecule has 3 aliphatic rings. The van der Waals surface area contributed by atoms with Crippen molar-refractivity contribution < 1.29 is 19.5 Å². The molecule has 0 unspecified atom stereocenters. The summed E-state index contributed by atoms with van der Waals surface area (Å²) in [4.78, 5) is 44.1. The SMILES string of the molecule is CC(C)(C)Cc1c(SC(C)(C)C)[nH]c2c(N3CCC(CCNC(=O)C4CCC(CN5C(=O)C=CC5=O)CC4)CC3)c(O)ccc12. The maximum Gasteiger partial charge on any atom is 0.253 e. The van der Waals surface area contributed by atoms with Crippen LogP contribution >= 0.6 is 11.8 Å². The largest absolute Gasteiger partial charge is 0.506 e. The zero-order chi connectivity index (χ0) is 32.5. The summed E-state index contributed by atoms with van der Waals surface area (Å²) >= 11 is 1.86. The number of aromatic nitrogens is 1. The number of aromatic amines is 1. The van der Waals surface area contributed by atoms with Crippen molar-refractivity contribution in [1.82, 2.24) is 15.2 Å². The van der Waals surface area contributed by atoms with Crippen LogP contribution in [0.5, 0.6) is 5.75 Å². The number of hydrogen-bond donors (Lipinski definition) is 3. The number of hydrogen-bond acceptors (Lipinski definition) is 6. The standard InChI is InChI=1S/C36H52N4O4S/c1-35(2,3)21-27-26-11-12-28(41)32(31(26)38-34(27)45-36(4,5)6)39-19-16-23(17-20-39)15-18-37-33(44)25-9-7-24(8-10-25)22-40-29(42)13-14-30(40)43/h11-14,23-25,38,41H,7-10,15-22H2,1-6H3,(H,37,44). The topological polar surface area (TPSA) is 106 Å². The number of rotatable bonds is 9. The number of nitrogens with zero attached hydrogens (tertiary/aromatic N) is 2. The molecule has 246 valence electrons. The van der Waals surface area contributed by atoms with E-state index in [0.29, 0.717) is 24.8 Å². The van der Waals surface area contributed by atoms with E-state index in [1.165, 1.54) is 33.0 Å². The highest BCUT2D eigenvalue weighted by Gasteiger charge is 2.32. The van der Waals surface area contributed by atoms with Gasteiger partial charge in [-0.3, -0.25) is 19.3 Å². The quantitative estimate of drug-likeness (QED) is 0.206. The number of aromatic hydroxyl groups is 1. The van der Waals surface area contributed by atoms with Crippen molar-refractivity contribution in [3.05, 3.63) is 29.8 Å². The fourth-order valence-electron chi connectivity index (χ4n) is 7.15. The lowest BCUT2D eigenvalue weighted by atomic mass is 9.81. The Bertz CT molecular complexity index is 1420. The van der Waals surface area contributed by atoms with Gasteiger partial charge in [-0.05, 0) is 86.3 Å². The van der Waals surface area contributed by atoms with E-state index in [0.717, 1.165) is 75.7 Å². The van der Waals surface area contributed by atoms with Gasteiger partial charge in [0.05, 0.1) is 10.5 Å². The molecule has 3 amide bonds. The van der Waals surface area contributed by atoms with Crippen molar-refractivity contribution >= 4 is 46.1 Å². The van der Waals surface area contributed by atoms with Crippen molar-refractivity contribution in [2.75, 3.05) is 31.1 Å². The third-order valence-corrected chi connectivity index (χ3v) is 10.6. The van der Waals surface area contributed by atoms with Gasteiger partial charge in [0, 0.05) is 54.4 Å². The van der Waals surface area contributed by atoms with Crippen LogP contribution in [-0.4, -0.2) is 63.6 Å². The Morgan fingerprint density at radius 3 is 2.20 bits per heavy atom. The number of H-pyrrole nitrogens is 1. The van der Waals surface area contributed by atoms with E-state index in [4.69, 9.17) is 0 Å². The zero-order valence-electron chi connectivity index (χ0n) is 28.0. The molecule has 8 nitrogen and oxygen atoms in total. The number of nitrogens with one attached hydrogen (secondary N) is 2. The molecule has 0 bridgehead atoms. The van der Waals surface area contributed by atoms with Crippen LogP contribution in [0.25, 0.3) is 10.9 Å². The molecular formula is C36H52N4O4S. The summed E-state index contributed by atoms with van der Waals surface area (Å²) < 4.78 is 0.0669. The summed E-state index contributed by atoms with van der Waals surface area (Å²) in [6.45, 7) is 16.5. The van der Waals surface area contributed by atoms with Crippen molar-refractivity contribution in [2.45, 2.75) is 103 Å². The Labute approximate surface area is 272 Å². The van der Waals surface area contributed by atoms with E-state index in [1.807, 2.05) is 17.8 Å². The molecule has 1 saturated heterocycles. The second-order valence-electron chi connectivity index (χ2n) is 15.6. The Kier molecular flexibility index (Phi) is 9.97. The lowest BCUT2D eigenvalue weighted by Gasteiger charge is -2.34. The molecule has 5 rings (SSSR count).